The minimum atomic E-state index is -1.35. The third-order valence-corrected chi connectivity index (χ3v) is 12.5. The average molecular weight is 766 g/mol. The summed E-state index contributed by atoms with van der Waals surface area (Å²) in [6.45, 7) is 0. The Morgan fingerprint density at radius 3 is 2.12 bits per heavy atom. The van der Waals surface area contributed by atoms with Crippen LogP contribution in [0.1, 0.15) is 45.5 Å². The van der Waals surface area contributed by atoms with Gasteiger partial charge in [-0.05, 0) is 77.9 Å². The van der Waals surface area contributed by atoms with Crippen LogP contribution in [0.5, 0.6) is 11.5 Å². The molecule has 2 amide bonds. The highest BCUT2D eigenvalue weighted by atomic mass is 16.5. The quantitative estimate of drug-likeness (QED) is 0.0962. The number of nitrogens with zero attached hydrogens (tertiary/aromatic N) is 1. The van der Waals surface area contributed by atoms with Gasteiger partial charge in [0.1, 0.15) is 0 Å². The van der Waals surface area contributed by atoms with Crippen LogP contribution in [-0.2, 0) is 24.6 Å². The molecule has 1 aliphatic heterocycles. The first-order chi connectivity index (χ1) is 28.2. The molecule has 3 aliphatic carbocycles. The Kier molecular flexibility index (Phi) is 9.20. The number of carbonyl (C=O) groups excluding carboxylic acids is 5. The van der Waals surface area contributed by atoms with Gasteiger partial charge >= 0.3 is 0 Å². The standard InChI is InChI=1S/C50H39NO7/c1-58-43-27-30(18-26-42(43)52)17-25-40-36-23-24-37-45(49(57)51(48(37)56)35-21-19-33(20-22-35)46(54)32-13-7-3-8-14-32)39(36)28-41-47(55)38(31-11-5-2-6-12-31)29-44(53)50(40,41)34-15-9-4-10-16-34/h2-23,25-27,29,37,39-41,45,52H,24,28H2,1H3/t37-,39+,40-,41-,45-,50-/m0/s1. The van der Waals surface area contributed by atoms with Crippen molar-refractivity contribution in [3.05, 3.63) is 185 Å². The van der Waals surface area contributed by atoms with E-state index < -0.39 is 35.0 Å². The molecule has 5 aromatic rings. The lowest BCUT2D eigenvalue weighted by molar-refractivity contribution is -0.135. The van der Waals surface area contributed by atoms with E-state index in [2.05, 4.69) is 0 Å². The molecule has 0 bridgehead atoms. The van der Waals surface area contributed by atoms with Crippen molar-refractivity contribution < 1.29 is 33.8 Å². The molecular formula is C50H39NO7. The van der Waals surface area contributed by atoms with Crippen molar-refractivity contribution in [2.45, 2.75) is 18.3 Å². The number of fused-ring (bicyclic) bond motifs is 4. The number of ketones is 3. The van der Waals surface area contributed by atoms with E-state index >= 15 is 9.59 Å². The topological polar surface area (TPSA) is 118 Å². The van der Waals surface area contributed by atoms with Crippen molar-refractivity contribution in [2.75, 3.05) is 12.0 Å². The molecule has 0 aromatic heterocycles. The Bertz CT molecular complexity index is 2580. The average Bonchev–Trinajstić information content (AvgIpc) is 3.53. The number of allylic oxidation sites excluding steroid dienone is 5. The maximum Gasteiger partial charge on any atom is 0.238 e. The van der Waals surface area contributed by atoms with Crippen molar-refractivity contribution in [1.82, 2.24) is 0 Å². The summed E-state index contributed by atoms with van der Waals surface area (Å²) in [7, 11) is 1.47. The smallest absolute Gasteiger partial charge is 0.238 e. The van der Waals surface area contributed by atoms with Gasteiger partial charge in [0.2, 0.25) is 11.8 Å². The number of amides is 2. The van der Waals surface area contributed by atoms with E-state index in [9.17, 15) is 19.5 Å². The Morgan fingerprint density at radius 2 is 1.43 bits per heavy atom. The van der Waals surface area contributed by atoms with Crippen LogP contribution >= 0.6 is 0 Å². The number of benzene rings is 5. The molecule has 6 atom stereocenters. The van der Waals surface area contributed by atoms with Crippen LogP contribution < -0.4 is 9.64 Å². The lowest BCUT2D eigenvalue weighted by Gasteiger charge is -2.54. The number of aromatic hydroxyl groups is 1. The zero-order chi connectivity index (χ0) is 40.1. The predicted molar refractivity (Wildman–Crippen MR) is 220 cm³/mol. The normalized spacial score (nSPS) is 25.1. The minimum absolute atomic E-state index is 0.0164. The highest BCUT2D eigenvalue weighted by Crippen LogP contribution is 2.61. The zero-order valence-corrected chi connectivity index (χ0v) is 31.7. The molecule has 0 spiro atoms. The maximum absolute atomic E-state index is 15.2. The van der Waals surface area contributed by atoms with Crippen molar-refractivity contribution in [1.29, 1.82) is 0 Å². The Hall–Kier alpha value is -6.93. The highest BCUT2D eigenvalue weighted by molar-refractivity contribution is 6.31. The first kappa shape index (κ1) is 36.7. The molecular weight excluding hydrogens is 727 g/mol. The second-order valence-electron chi connectivity index (χ2n) is 15.4. The molecule has 9 rings (SSSR count). The summed E-state index contributed by atoms with van der Waals surface area (Å²) in [5, 5.41) is 10.3. The van der Waals surface area contributed by atoms with E-state index in [-0.39, 0.29) is 53.5 Å². The summed E-state index contributed by atoms with van der Waals surface area (Å²) in [4.78, 5) is 73.8. The van der Waals surface area contributed by atoms with Crippen molar-refractivity contribution in [3.63, 3.8) is 0 Å². The predicted octanol–water partition coefficient (Wildman–Crippen LogP) is 8.21. The first-order valence-corrected chi connectivity index (χ1v) is 19.5. The molecule has 1 heterocycles. The molecule has 8 nitrogen and oxygen atoms in total. The van der Waals surface area contributed by atoms with E-state index in [4.69, 9.17) is 4.74 Å². The van der Waals surface area contributed by atoms with Crippen LogP contribution in [0, 0.1) is 29.6 Å². The van der Waals surface area contributed by atoms with Gasteiger partial charge in [-0.15, -0.1) is 0 Å². The summed E-state index contributed by atoms with van der Waals surface area (Å²) < 4.78 is 5.38. The van der Waals surface area contributed by atoms with Gasteiger partial charge in [0, 0.05) is 28.5 Å². The van der Waals surface area contributed by atoms with Crippen LogP contribution in [-0.4, -0.2) is 41.4 Å². The van der Waals surface area contributed by atoms with Crippen LogP contribution in [0.4, 0.5) is 5.69 Å². The van der Waals surface area contributed by atoms with E-state index in [0.29, 0.717) is 39.1 Å². The molecule has 0 unspecified atom stereocenters. The van der Waals surface area contributed by atoms with Crippen molar-refractivity contribution in [2.24, 2.45) is 29.6 Å². The Labute approximate surface area is 335 Å². The van der Waals surface area contributed by atoms with E-state index in [1.807, 2.05) is 85.0 Å². The third kappa shape index (κ3) is 5.78. The molecule has 5 aromatic carbocycles. The number of Topliss-reactive ketones (excluding diaryl/α,β-unsaturated/α-hetero) is 1. The fraction of sp³-hybridized carbons (Fsp3) is 0.180. The van der Waals surface area contributed by atoms with E-state index in [1.165, 1.54) is 24.2 Å². The molecule has 8 heteroatoms. The number of hydrogen-bond donors (Lipinski definition) is 1. The van der Waals surface area contributed by atoms with Crippen molar-refractivity contribution in [3.8, 4) is 11.5 Å². The zero-order valence-electron chi connectivity index (χ0n) is 31.7. The summed E-state index contributed by atoms with van der Waals surface area (Å²) in [5.41, 5.74) is 3.20. The summed E-state index contributed by atoms with van der Waals surface area (Å²) in [5.74, 6) is -4.50. The molecule has 58 heavy (non-hydrogen) atoms. The Morgan fingerprint density at radius 1 is 0.776 bits per heavy atom. The fourth-order valence-corrected chi connectivity index (χ4v) is 9.90. The number of rotatable bonds is 8. The summed E-state index contributed by atoms with van der Waals surface area (Å²) in [6, 6.07) is 39.0. The minimum Gasteiger partial charge on any atom is -0.504 e. The molecule has 1 saturated heterocycles. The number of anilines is 1. The van der Waals surface area contributed by atoms with Crippen LogP contribution in [0.3, 0.4) is 0 Å². The molecule has 1 N–H and O–H groups in total. The van der Waals surface area contributed by atoms with Gasteiger partial charge in [-0.3, -0.25) is 28.9 Å². The molecule has 1 saturated carbocycles. The number of phenols is 1. The molecule has 2 fully saturated rings. The van der Waals surface area contributed by atoms with Crippen LogP contribution in [0.15, 0.2) is 157 Å². The van der Waals surface area contributed by atoms with Crippen LogP contribution in [0.25, 0.3) is 11.6 Å². The number of imide groups is 1. The van der Waals surface area contributed by atoms with Gasteiger partial charge in [-0.1, -0.05) is 121 Å². The summed E-state index contributed by atoms with van der Waals surface area (Å²) in [6.07, 6.45) is 7.79. The van der Waals surface area contributed by atoms with Gasteiger partial charge < -0.3 is 9.84 Å². The first-order valence-electron chi connectivity index (χ1n) is 19.5. The van der Waals surface area contributed by atoms with E-state index in [1.54, 1.807) is 60.7 Å². The molecule has 286 valence electrons. The van der Waals surface area contributed by atoms with Gasteiger partial charge in [0.25, 0.3) is 0 Å². The number of ether oxygens (including phenoxy) is 1. The molecule has 4 aliphatic rings. The monoisotopic (exact) mass is 765 g/mol. The van der Waals surface area contributed by atoms with Crippen molar-refractivity contribution >= 4 is 46.5 Å². The second kappa shape index (κ2) is 14.5. The number of methoxy groups -OCH3 is 1. The number of phenolic OH excluding ortho intramolecular Hbond substituents is 1. The maximum atomic E-state index is 15.2. The number of hydrogen-bond acceptors (Lipinski definition) is 7. The van der Waals surface area contributed by atoms with Gasteiger partial charge in [-0.2, -0.15) is 0 Å². The number of carbonyl (C=O) groups is 5. The second-order valence-corrected chi connectivity index (χ2v) is 15.4. The lowest BCUT2D eigenvalue weighted by Crippen LogP contribution is -2.59. The lowest BCUT2D eigenvalue weighted by atomic mass is 9.45. The Balaban J connectivity index is 1.16. The highest BCUT2D eigenvalue weighted by Gasteiger charge is 2.65. The largest absolute Gasteiger partial charge is 0.504 e. The van der Waals surface area contributed by atoms with Crippen LogP contribution in [0.2, 0.25) is 0 Å². The molecule has 0 radical (unpaired) electrons. The summed E-state index contributed by atoms with van der Waals surface area (Å²) >= 11 is 0. The fourth-order valence-electron chi connectivity index (χ4n) is 9.90. The van der Waals surface area contributed by atoms with Gasteiger partial charge in [0.05, 0.1) is 30.0 Å². The van der Waals surface area contributed by atoms with Gasteiger partial charge in [-0.25, -0.2) is 0 Å². The van der Waals surface area contributed by atoms with Gasteiger partial charge in [0.15, 0.2) is 28.8 Å². The third-order valence-electron chi connectivity index (χ3n) is 12.5. The van der Waals surface area contributed by atoms with E-state index in [0.717, 1.165) is 5.57 Å². The SMILES string of the molecule is COc1cc(C=C[C@H]2C3=CC[C@@H]4C(=O)N(c5ccc(C(=O)c6ccccc6)cc5)C(=O)[C@@H]4[C@@H]3C[C@H]3C(=O)C(c4ccccc4)=CC(=O)[C@@]23c2ccccc2)ccc1O.